The van der Waals surface area contributed by atoms with Gasteiger partial charge in [-0.3, -0.25) is 0 Å². The number of anilines is 1. The molecule has 0 aliphatic rings. The van der Waals surface area contributed by atoms with Crippen molar-refractivity contribution in [1.82, 2.24) is 4.98 Å². The fraction of sp³-hybridized carbons (Fsp3) is 0.100. The number of hydrogen-bond acceptors (Lipinski definition) is 2. The maximum Gasteiger partial charge on any atom is 0.123 e. The molecule has 2 nitrogen and oxygen atoms in total. The van der Waals surface area contributed by atoms with Gasteiger partial charge in [-0.15, -0.1) is 0 Å². The van der Waals surface area contributed by atoms with E-state index < -0.39 is 0 Å². The van der Waals surface area contributed by atoms with E-state index in [-0.39, 0.29) is 0 Å². The van der Waals surface area contributed by atoms with Crippen LogP contribution >= 0.6 is 15.9 Å². The summed E-state index contributed by atoms with van der Waals surface area (Å²) in [6.45, 7) is 2.06. The van der Waals surface area contributed by atoms with Gasteiger partial charge in [0.1, 0.15) is 5.82 Å². The van der Waals surface area contributed by atoms with Crippen LogP contribution in [0.2, 0.25) is 0 Å². The molecule has 13 heavy (non-hydrogen) atoms. The molecule has 0 atom stereocenters. The zero-order valence-electron chi connectivity index (χ0n) is 7.21. The molecule has 0 radical (unpaired) electrons. The van der Waals surface area contributed by atoms with Crippen LogP contribution in [0.4, 0.5) is 5.82 Å². The van der Waals surface area contributed by atoms with Crippen LogP contribution in [0.25, 0.3) is 10.8 Å². The topological polar surface area (TPSA) is 38.9 Å². The molecule has 0 spiro atoms. The van der Waals surface area contributed by atoms with E-state index in [1.54, 1.807) is 0 Å². The largest absolute Gasteiger partial charge is 0.384 e. The van der Waals surface area contributed by atoms with Gasteiger partial charge in [0.05, 0.1) is 0 Å². The Bertz CT molecular complexity index is 460. The van der Waals surface area contributed by atoms with Crippen LogP contribution in [-0.2, 0) is 0 Å². The number of aromatic nitrogens is 1. The number of fused-ring (bicyclic) bond motifs is 1. The Morgan fingerprint density at radius 2 is 2.08 bits per heavy atom. The van der Waals surface area contributed by atoms with Crippen molar-refractivity contribution in [2.45, 2.75) is 6.92 Å². The van der Waals surface area contributed by atoms with E-state index in [0.717, 1.165) is 15.2 Å². The maximum absolute atomic E-state index is 5.60. The van der Waals surface area contributed by atoms with Crippen molar-refractivity contribution in [2.75, 3.05) is 5.73 Å². The van der Waals surface area contributed by atoms with Gasteiger partial charge in [0.15, 0.2) is 0 Å². The molecule has 66 valence electrons. The summed E-state index contributed by atoms with van der Waals surface area (Å²) in [7, 11) is 0. The van der Waals surface area contributed by atoms with E-state index >= 15 is 0 Å². The van der Waals surface area contributed by atoms with Crippen molar-refractivity contribution in [3.63, 3.8) is 0 Å². The van der Waals surface area contributed by atoms with Crippen LogP contribution in [-0.4, -0.2) is 4.98 Å². The lowest BCUT2D eigenvalue weighted by Crippen LogP contribution is -1.89. The highest BCUT2D eigenvalue weighted by atomic mass is 79.9. The smallest absolute Gasteiger partial charge is 0.123 e. The Hall–Kier alpha value is -1.09. The molecule has 1 aromatic heterocycles. The first-order chi connectivity index (χ1) is 6.16. The summed E-state index contributed by atoms with van der Waals surface area (Å²) in [5, 5.41) is 2.27. The minimum Gasteiger partial charge on any atom is -0.384 e. The maximum atomic E-state index is 5.60. The van der Waals surface area contributed by atoms with Crippen molar-refractivity contribution in [3.05, 3.63) is 34.4 Å². The van der Waals surface area contributed by atoms with Crippen LogP contribution in [0.3, 0.4) is 0 Å². The van der Waals surface area contributed by atoms with E-state index in [9.17, 15) is 0 Å². The molecule has 0 amide bonds. The van der Waals surface area contributed by atoms with Crippen LogP contribution in [0.5, 0.6) is 0 Å². The number of nitrogen functional groups attached to an aromatic ring is 1. The van der Waals surface area contributed by atoms with Gasteiger partial charge in [0, 0.05) is 16.1 Å². The lowest BCUT2D eigenvalue weighted by Gasteiger charge is -2.03. The Morgan fingerprint density at radius 3 is 2.85 bits per heavy atom. The summed E-state index contributed by atoms with van der Waals surface area (Å²) in [5.74, 6) is 0.560. The van der Waals surface area contributed by atoms with Crippen LogP contribution < -0.4 is 5.73 Å². The van der Waals surface area contributed by atoms with Gasteiger partial charge in [-0.25, -0.2) is 4.98 Å². The first kappa shape index (κ1) is 8.51. The molecule has 0 fully saturated rings. The minimum absolute atomic E-state index is 0.560. The number of aryl methyl sites for hydroxylation is 1. The molecule has 2 aromatic rings. The molecule has 0 saturated heterocycles. The third-order valence-corrected chi connectivity index (χ3v) is 2.49. The van der Waals surface area contributed by atoms with Crippen molar-refractivity contribution in [1.29, 1.82) is 0 Å². The molecule has 3 heteroatoms. The number of halogens is 1. The summed E-state index contributed by atoms with van der Waals surface area (Å²) < 4.78 is 1.07. The lowest BCUT2D eigenvalue weighted by molar-refractivity contribution is 1.35. The number of nitrogens with zero attached hydrogens (tertiary/aromatic N) is 1. The summed E-state index contributed by atoms with van der Waals surface area (Å²) in [5.41, 5.74) is 6.80. The average molecular weight is 237 g/mol. The van der Waals surface area contributed by atoms with Gasteiger partial charge in [0.25, 0.3) is 0 Å². The monoisotopic (exact) mass is 236 g/mol. The number of rotatable bonds is 0. The van der Waals surface area contributed by atoms with E-state index in [1.165, 1.54) is 5.56 Å². The van der Waals surface area contributed by atoms with Crippen LogP contribution in [0.1, 0.15) is 5.56 Å². The van der Waals surface area contributed by atoms with Crippen LogP contribution in [0, 0.1) is 6.92 Å². The van der Waals surface area contributed by atoms with Crippen LogP contribution in [0.15, 0.2) is 28.9 Å². The molecule has 0 saturated carbocycles. The predicted octanol–water partition coefficient (Wildman–Crippen LogP) is 2.89. The quantitative estimate of drug-likeness (QED) is 0.765. The van der Waals surface area contributed by atoms with E-state index in [1.807, 2.05) is 18.3 Å². The Morgan fingerprint density at radius 1 is 1.31 bits per heavy atom. The van der Waals surface area contributed by atoms with Crippen molar-refractivity contribution < 1.29 is 0 Å². The Labute approximate surface area is 84.9 Å². The molecule has 0 unspecified atom stereocenters. The molecule has 0 aliphatic carbocycles. The van der Waals surface area contributed by atoms with E-state index in [4.69, 9.17) is 5.73 Å². The number of benzene rings is 1. The molecular formula is C10H9BrN2. The molecule has 1 aromatic carbocycles. The third-order valence-electron chi connectivity index (χ3n) is 2.03. The molecule has 2 N–H and O–H groups in total. The zero-order chi connectivity index (χ0) is 9.42. The Kier molecular flexibility index (Phi) is 1.96. The Balaban J connectivity index is 2.86. The average Bonchev–Trinajstić information content (AvgIpc) is 2.02. The summed E-state index contributed by atoms with van der Waals surface area (Å²) in [6, 6.07) is 5.99. The molecule has 1 heterocycles. The van der Waals surface area contributed by atoms with Gasteiger partial charge >= 0.3 is 0 Å². The normalized spacial score (nSPS) is 10.6. The van der Waals surface area contributed by atoms with Gasteiger partial charge in [0.2, 0.25) is 0 Å². The second-order valence-corrected chi connectivity index (χ2v) is 3.97. The lowest BCUT2D eigenvalue weighted by atomic mass is 10.1. The van der Waals surface area contributed by atoms with Crippen molar-refractivity contribution >= 4 is 32.5 Å². The van der Waals surface area contributed by atoms with Crippen molar-refractivity contribution in [2.24, 2.45) is 0 Å². The fourth-order valence-corrected chi connectivity index (χ4v) is 2.00. The van der Waals surface area contributed by atoms with Gasteiger partial charge in [-0.2, -0.15) is 0 Å². The first-order valence-corrected chi connectivity index (χ1v) is 4.77. The number of nitrogens with two attached hydrogens (primary N) is 1. The highest BCUT2D eigenvalue weighted by Gasteiger charge is 1.99. The van der Waals surface area contributed by atoms with Gasteiger partial charge in [-0.1, -0.05) is 15.9 Å². The SMILES string of the molecule is Cc1cc(Br)cc2cc(N)ncc12. The molecule has 2 rings (SSSR count). The zero-order valence-corrected chi connectivity index (χ0v) is 8.80. The van der Waals surface area contributed by atoms with Gasteiger partial charge in [-0.05, 0) is 36.1 Å². The second kappa shape index (κ2) is 3.00. The first-order valence-electron chi connectivity index (χ1n) is 3.98. The molecule has 0 aliphatic heterocycles. The van der Waals surface area contributed by atoms with E-state index in [2.05, 4.69) is 33.9 Å². The highest BCUT2D eigenvalue weighted by Crippen LogP contribution is 2.24. The third kappa shape index (κ3) is 1.52. The number of pyridine rings is 1. The highest BCUT2D eigenvalue weighted by molar-refractivity contribution is 9.10. The molecular weight excluding hydrogens is 228 g/mol. The second-order valence-electron chi connectivity index (χ2n) is 3.05. The summed E-state index contributed by atoms with van der Waals surface area (Å²) in [6.07, 6.45) is 1.81. The molecule has 0 bridgehead atoms. The predicted molar refractivity (Wildman–Crippen MR) is 58.6 cm³/mol. The standard InChI is InChI=1S/C10H9BrN2/c1-6-2-8(11)3-7-4-10(12)13-5-9(6)7/h2-5H,1H3,(H2,12,13). The summed E-state index contributed by atoms with van der Waals surface area (Å²) >= 11 is 3.45. The van der Waals surface area contributed by atoms with Gasteiger partial charge < -0.3 is 5.73 Å². The number of hydrogen-bond donors (Lipinski definition) is 1. The summed E-state index contributed by atoms with van der Waals surface area (Å²) in [4.78, 5) is 4.06. The minimum atomic E-state index is 0.560. The van der Waals surface area contributed by atoms with Crippen molar-refractivity contribution in [3.8, 4) is 0 Å². The van der Waals surface area contributed by atoms with E-state index in [0.29, 0.717) is 5.82 Å². The fourth-order valence-electron chi connectivity index (χ4n) is 1.41.